The highest BCUT2D eigenvalue weighted by Crippen LogP contribution is 2.32. The molecule has 32 heavy (non-hydrogen) atoms. The number of unbranched alkanes of at least 4 members (excludes halogenated alkanes) is 3. The monoisotopic (exact) mass is 431 g/mol. The van der Waals surface area contributed by atoms with Crippen LogP contribution in [0.5, 0.6) is 5.75 Å². The summed E-state index contributed by atoms with van der Waals surface area (Å²) >= 11 is 0. The molecule has 7 nitrogen and oxygen atoms in total. The van der Waals surface area contributed by atoms with Gasteiger partial charge >= 0.3 is 6.03 Å². The molecule has 1 aliphatic rings. The van der Waals surface area contributed by atoms with Crippen LogP contribution in [0.2, 0.25) is 0 Å². The van der Waals surface area contributed by atoms with E-state index in [1.54, 1.807) is 16.9 Å². The van der Waals surface area contributed by atoms with Crippen molar-refractivity contribution < 1.29 is 9.53 Å². The van der Waals surface area contributed by atoms with Gasteiger partial charge in [-0.25, -0.2) is 9.78 Å². The van der Waals surface area contributed by atoms with Crippen molar-refractivity contribution in [2.24, 2.45) is 0 Å². The third kappa shape index (κ3) is 4.82. The average molecular weight is 432 g/mol. The van der Waals surface area contributed by atoms with E-state index in [0.717, 1.165) is 48.4 Å². The minimum absolute atomic E-state index is 0.0662. The van der Waals surface area contributed by atoms with Crippen molar-refractivity contribution in [3.05, 3.63) is 66.4 Å². The van der Waals surface area contributed by atoms with Gasteiger partial charge in [0.05, 0.1) is 13.7 Å². The van der Waals surface area contributed by atoms with Gasteiger partial charge in [-0.1, -0.05) is 44.4 Å². The van der Waals surface area contributed by atoms with E-state index in [2.05, 4.69) is 17.2 Å². The van der Waals surface area contributed by atoms with Crippen LogP contribution in [0.15, 0.2) is 60.8 Å². The number of hydrogen-bond donors (Lipinski definition) is 1. The molecule has 7 heteroatoms. The Morgan fingerprint density at radius 1 is 1.03 bits per heavy atom. The summed E-state index contributed by atoms with van der Waals surface area (Å²) in [5, 5.41) is 3.23. The van der Waals surface area contributed by atoms with Gasteiger partial charge in [0.2, 0.25) is 5.95 Å². The van der Waals surface area contributed by atoms with Crippen LogP contribution >= 0.6 is 0 Å². The Labute approximate surface area is 189 Å². The molecule has 1 aliphatic heterocycles. The summed E-state index contributed by atoms with van der Waals surface area (Å²) in [5.41, 5.74) is 2.66. The fourth-order valence-electron chi connectivity index (χ4n) is 3.79. The van der Waals surface area contributed by atoms with Crippen LogP contribution in [0.1, 0.15) is 38.2 Å². The number of rotatable bonds is 9. The fraction of sp³-hybridized carbons (Fsp3) is 0.320. The Bertz CT molecular complexity index is 1040. The summed E-state index contributed by atoms with van der Waals surface area (Å²) in [7, 11) is 1.63. The summed E-state index contributed by atoms with van der Waals surface area (Å²) in [6.45, 7) is 3.24. The molecule has 0 radical (unpaired) electrons. The molecule has 0 unspecified atom stereocenters. The molecule has 2 heterocycles. The fourth-order valence-corrected chi connectivity index (χ4v) is 3.79. The van der Waals surface area contributed by atoms with Crippen molar-refractivity contribution >= 4 is 29.2 Å². The van der Waals surface area contributed by atoms with Gasteiger partial charge in [-0.3, -0.25) is 9.80 Å². The zero-order valence-corrected chi connectivity index (χ0v) is 18.6. The van der Waals surface area contributed by atoms with Crippen molar-refractivity contribution in [2.45, 2.75) is 39.2 Å². The van der Waals surface area contributed by atoms with Crippen molar-refractivity contribution in [2.75, 3.05) is 28.8 Å². The quantitative estimate of drug-likeness (QED) is 0.437. The van der Waals surface area contributed by atoms with Gasteiger partial charge in [0.25, 0.3) is 0 Å². The third-order valence-electron chi connectivity index (χ3n) is 5.54. The Morgan fingerprint density at radius 3 is 2.53 bits per heavy atom. The predicted molar refractivity (Wildman–Crippen MR) is 128 cm³/mol. The number of fused-ring (bicyclic) bond motifs is 1. The second kappa shape index (κ2) is 10.1. The zero-order valence-electron chi connectivity index (χ0n) is 18.6. The molecule has 0 atom stereocenters. The number of carbonyl (C=O) groups excluding carboxylic acids is 1. The number of urea groups is 1. The lowest BCUT2D eigenvalue weighted by Gasteiger charge is -2.36. The maximum Gasteiger partial charge on any atom is 0.330 e. The first kappa shape index (κ1) is 21.6. The summed E-state index contributed by atoms with van der Waals surface area (Å²) in [5.74, 6) is 1.93. The Morgan fingerprint density at radius 2 is 1.81 bits per heavy atom. The lowest BCUT2D eigenvalue weighted by molar-refractivity contribution is 0.249. The van der Waals surface area contributed by atoms with Gasteiger partial charge in [0, 0.05) is 29.7 Å². The summed E-state index contributed by atoms with van der Waals surface area (Å²) in [6, 6.07) is 17.3. The molecule has 166 valence electrons. The van der Waals surface area contributed by atoms with E-state index in [1.807, 2.05) is 60.8 Å². The molecular formula is C25H29N5O2. The number of para-hydroxylation sites is 1. The number of aromatic nitrogens is 2. The number of benzene rings is 2. The van der Waals surface area contributed by atoms with Gasteiger partial charge in [-0.15, -0.1) is 0 Å². The van der Waals surface area contributed by atoms with E-state index in [0.29, 0.717) is 24.9 Å². The second-order valence-electron chi connectivity index (χ2n) is 7.81. The molecule has 0 bridgehead atoms. The molecule has 4 rings (SSSR count). The number of nitrogens with zero attached hydrogens (tertiary/aromatic N) is 4. The molecule has 1 N–H and O–H groups in total. The summed E-state index contributed by atoms with van der Waals surface area (Å²) in [6.07, 6.45) is 6.13. The first-order valence-corrected chi connectivity index (χ1v) is 11.1. The van der Waals surface area contributed by atoms with Crippen molar-refractivity contribution in [1.82, 2.24) is 9.97 Å². The average Bonchev–Trinajstić information content (AvgIpc) is 2.83. The highest BCUT2D eigenvalue weighted by Gasteiger charge is 2.32. The predicted octanol–water partition coefficient (Wildman–Crippen LogP) is 5.76. The van der Waals surface area contributed by atoms with Crippen LogP contribution < -0.4 is 19.9 Å². The summed E-state index contributed by atoms with van der Waals surface area (Å²) in [4.78, 5) is 26.3. The van der Waals surface area contributed by atoms with Crippen molar-refractivity contribution in [3.8, 4) is 5.75 Å². The van der Waals surface area contributed by atoms with Gasteiger partial charge in [-0.05, 0) is 42.8 Å². The standard InChI is InChI=1S/C25H29N5O2/c1-3-4-5-9-16-29-23-19(17-26-24(28-23)27-20-10-7-6-8-11-20)18-30(25(29)31)21-12-14-22(32-2)15-13-21/h6-8,10-15,17H,3-5,9,16,18H2,1-2H3,(H,26,27,28). The van der Waals surface area contributed by atoms with E-state index < -0.39 is 0 Å². The molecule has 0 spiro atoms. The second-order valence-corrected chi connectivity index (χ2v) is 7.81. The molecule has 2 aromatic carbocycles. The van der Waals surface area contributed by atoms with Crippen LogP contribution in [0.3, 0.4) is 0 Å². The molecule has 1 aromatic heterocycles. The van der Waals surface area contributed by atoms with Crippen molar-refractivity contribution in [1.29, 1.82) is 0 Å². The molecule has 0 saturated carbocycles. The number of carbonyl (C=O) groups is 1. The van der Waals surface area contributed by atoms with Crippen LogP contribution in [0.25, 0.3) is 0 Å². The molecule has 0 saturated heterocycles. The normalized spacial score (nSPS) is 13.1. The van der Waals surface area contributed by atoms with Crippen molar-refractivity contribution in [3.63, 3.8) is 0 Å². The summed E-state index contributed by atoms with van der Waals surface area (Å²) < 4.78 is 5.26. The topological polar surface area (TPSA) is 70.6 Å². The number of anilines is 4. The number of nitrogens with one attached hydrogen (secondary N) is 1. The number of hydrogen-bond acceptors (Lipinski definition) is 5. The Hall–Kier alpha value is -3.61. The van der Waals surface area contributed by atoms with Gasteiger partial charge < -0.3 is 10.1 Å². The molecule has 0 fully saturated rings. The van der Waals surface area contributed by atoms with Crippen LogP contribution in [0.4, 0.5) is 27.9 Å². The van der Waals surface area contributed by atoms with E-state index in [-0.39, 0.29) is 6.03 Å². The minimum Gasteiger partial charge on any atom is -0.497 e. The van der Waals surface area contributed by atoms with Gasteiger partial charge in [0.1, 0.15) is 11.6 Å². The smallest absolute Gasteiger partial charge is 0.330 e. The number of methoxy groups -OCH3 is 1. The SMILES string of the molecule is CCCCCCN1C(=O)N(c2ccc(OC)cc2)Cc2cnc(Nc3ccccc3)nc21. The Kier molecular flexibility index (Phi) is 6.84. The Balaban J connectivity index is 1.63. The van der Waals surface area contributed by atoms with E-state index in [4.69, 9.17) is 9.72 Å². The van der Waals surface area contributed by atoms with Crippen LogP contribution in [-0.2, 0) is 6.54 Å². The van der Waals surface area contributed by atoms with E-state index >= 15 is 0 Å². The third-order valence-corrected chi connectivity index (χ3v) is 5.54. The molecule has 0 aliphatic carbocycles. The largest absolute Gasteiger partial charge is 0.497 e. The lowest BCUT2D eigenvalue weighted by atomic mass is 10.1. The maximum absolute atomic E-state index is 13.5. The number of ether oxygens (including phenoxy) is 1. The van der Waals surface area contributed by atoms with Gasteiger partial charge in [-0.2, -0.15) is 4.98 Å². The van der Waals surface area contributed by atoms with Crippen LogP contribution in [-0.4, -0.2) is 29.7 Å². The van der Waals surface area contributed by atoms with E-state index in [1.165, 1.54) is 0 Å². The lowest BCUT2D eigenvalue weighted by Crippen LogP contribution is -2.48. The van der Waals surface area contributed by atoms with Crippen LogP contribution in [0, 0.1) is 0 Å². The van der Waals surface area contributed by atoms with E-state index in [9.17, 15) is 4.79 Å². The van der Waals surface area contributed by atoms with Gasteiger partial charge in [0.15, 0.2) is 0 Å². The molecule has 2 amide bonds. The highest BCUT2D eigenvalue weighted by molar-refractivity contribution is 6.05. The first-order chi connectivity index (χ1) is 15.7. The minimum atomic E-state index is -0.0662. The highest BCUT2D eigenvalue weighted by atomic mass is 16.5. The number of amides is 2. The first-order valence-electron chi connectivity index (χ1n) is 11.1. The maximum atomic E-state index is 13.5. The molecule has 3 aromatic rings. The molecular weight excluding hydrogens is 402 g/mol. The zero-order chi connectivity index (χ0) is 22.3.